The van der Waals surface area contributed by atoms with Gasteiger partial charge in [0.15, 0.2) is 5.11 Å². The number of methoxy groups -OCH3 is 1. The molecule has 0 unspecified atom stereocenters. The van der Waals surface area contributed by atoms with Crippen LogP contribution in [0.25, 0.3) is 5.69 Å². The molecule has 0 amide bonds. The van der Waals surface area contributed by atoms with Gasteiger partial charge in [-0.2, -0.15) is 0 Å². The summed E-state index contributed by atoms with van der Waals surface area (Å²) < 4.78 is 7.10. The van der Waals surface area contributed by atoms with Crippen molar-refractivity contribution in [1.29, 1.82) is 0 Å². The smallest absolute Gasteiger partial charge is 0.296 e. The molecule has 2 atom stereocenters. The molecule has 0 radical (unpaired) electrons. The van der Waals surface area contributed by atoms with Crippen LogP contribution in [0, 0.1) is 24.0 Å². The topological polar surface area (TPSA) is 85.5 Å². The van der Waals surface area contributed by atoms with E-state index in [0.717, 1.165) is 22.6 Å². The fourth-order valence-electron chi connectivity index (χ4n) is 4.27. The fraction of sp³-hybridized carbons (Fsp3) is 0.273. The Kier molecular flexibility index (Phi) is 5.36. The minimum absolute atomic E-state index is 0.0117. The van der Waals surface area contributed by atoms with Gasteiger partial charge in [0.1, 0.15) is 11.4 Å². The summed E-state index contributed by atoms with van der Waals surface area (Å²) in [6, 6.07) is 12.5. The first-order chi connectivity index (χ1) is 14.8. The van der Waals surface area contributed by atoms with E-state index in [1.807, 2.05) is 48.6 Å². The lowest BCUT2D eigenvalue weighted by atomic mass is 9.97. The Labute approximate surface area is 185 Å². The van der Waals surface area contributed by atoms with Gasteiger partial charge in [0.25, 0.3) is 5.69 Å². The van der Waals surface area contributed by atoms with E-state index in [1.54, 1.807) is 18.3 Å². The van der Waals surface area contributed by atoms with Gasteiger partial charge < -0.3 is 19.5 Å². The number of ether oxygens (including phenoxy) is 1. The molecule has 1 saturated heterocycles. The number of hydrogen-bond donors (Lipinski definition) is 1. The normalized spacial score (nSPS) is 18.2. The number of rotatable bonds is 5. The number of nitrogens with one attached hydrogen (secondary N) is 1. The van der Waals surface area contributed by atoms with Gasteiger partial charge in [-0.3, -0.25) is 15.1 Å². The maximum atomic E-state index is 11.8. The monoisotopic (exact) mass is 437 g/mol. The molecule has 2 aromatic heterocycles. The summed E-state index contributed by atoms with van der Waals surface area (Å²) in [6.45, 7) is 3.92. The zero-order valence-corrected chi connectivity index (χ0v) is 18.5. The summed E-state index contributed by atoms with van der Waals surface area (Å²) in [5.74, 6) is 0.443. The number of thiocarbonyl (C=S) groups is 1. The Balaban J connectivity index is 1.85. The molecule has 31 heavy (non-hydrogen) atoms. The van der Waals surface area contributed by atoms with Crippen LogP contribution in [0.1, 0.15) is 34.7 Å². The molecule has 1 aliphatic heterocycles. The van der Waals surface area contributed by atoms with Crippen LogP contribution in [0.5, 0.6) is 5.75 Å². The van der Waals surface area contributed by atoms with Crippen molar-refractivity contribution in [2.45, 2.75) is 25.9 Å². The average Bonchev–Trinajstić information content (AvgIpc) is 3.22. The summed E-state index contributed by atoms with van der Waals surface area (Å²) in [7, 11) is 3.44. The highest BCUT2D eigenvalue weighted by Crippen LogP contribution is 2.41. The van der Waals surface area contributed by atoms with Crippen LogP contribution in [-0.4, -0.2) is 38.6 Å². The Bertz CT molecular complexity index is 1160. The average molecular weight is 438 g/mol. The van der Waals surface area contributed by atoms with E-state index in [4.69, 9.17) is 17.0 Å². The van der Waals surface area contributed by atoms with Crippen LogP contribution in [0.2, 0.25) is 0 Å². The first-order valence-corrected chi connectivity index (χ1v) is 10.2. The van der Waals surface area contributed by atoms with Crippen LogP contribution in [-0.2, 0) is 0 Å². The molecule has 9 heteroatoms. The van der Waals surface area contributed by atoms with Gasteiger partial charge in [-0.1, -0.05) is 6.07 Å². The Hall–Kier alpha value is -3.46. The van der Waals surface area contributed by atoms with Crippen LogP contribution >= 0.6 is 12.2 Å². The number of pyridine rings is 1. The quantitative estimate of drug-likeness (QED) is 0.367. The lowest BCUT2D eigenvalue weighted by Crippen LogP contribution is -2.25. The molecule has 0 spiro atoms. The summed E-state index contributed by atoms with van der Waals surface area (Å²) in [5, 5.41) is 15.8. The number of nitro groups is 1. The van der Waals surface area contributed by atoms with Gasteiger partial charge in [0.05, 0.1) is 35.9 Å². The molecular weight excluding hydrogens is 414 g/mol. The number of nitrogens with zero attached hydrogens (tertiary/aromatic N) is 4. The van der Waals surface area contributed by atoms with Crippen LogP contribution in [0.3, 0.4) is 0 Å². The zero-order chi connectivity index (χ0) is 22.3. The fourth-order valence-corrected chi connectivity index (χ4v) is 4.51. The van der Waals surface area contributed by atoms with E-state index in [1.165, 1.54) is 13.2 Å². The summed E-state index contributed by atoms with van der Waals surface area (Å²) in [4.78, 5) is 17.9. The van der Waals surface area contributed by atoms with Gasteiger partial charge in [-0.15, -0.1) is 0 Å². The maximum Gasteiger partial charge on any atom is 0.296 e. The van der Waals surface area contributed by atoms with E-state index in [9.17, 15) is 10.1 Å². The molecule has 8 nitrogen and oxygen atoms in total. The Morgan fingerprint density at radius 2 is 2.00 bits per heavy atom. The molecule has 0 saturated carbocycles. The van der Waals surface area contributed by atoms with Crippen LogP contribution in [0.4, 0.5) is 5.69 Å². The highest BCUT2D eigenvalue weighted by molar-refractivity contribution is 7.80. The minimum Gasteiger partial charge on any atom is -0.496 e. The molecule has 1 aliphatic rings. The largest absolute Gasteiger partial charge is 0.496 e. The third-order valence-corrected chi connectivity index (χ3v) is 6.15. The van der Waals surface area contributed by atoms with E-state index in [-0.39, 0.29) is 22.7 Å². The first-order valence-electron chi connectivity index (χ1n) is 9.79. The molecule has 1 N–H and O–H groups in total. The minimum atomic E-state index is -0.383. The highest BCUT2D eigenvalue weighted by Gasteiger charge is 2.39. The van der Waals surface area contributed by atoms with Crippen molar-refractivity contribution >= 4 is 23.0 Å². The molecular formula is C22H23N5O3S. The molecule has 0 aliphatic carbocycles. The van der Waals surface area contributed by atoms with Crippen molar-refractivity contribution in [2.75, 3.05) is 14.2 Å². The predicted molar refractivity (Wildman–Crippen MR) is 122 cm³/mol. The highest BCUT2D eigenvalue weighted by atomic mass is 32.1. The maximum absolute atomic E-state index is 11.8. The molecule has 1 aromatic carbocycles. The molecule has 4 rings (SSSR count). The van der Waals surface area contributed by atoms with E-state index < -0.39 is 0 Å². The number of likely N-dealkylation sites (N-methyl/N-ethyl adjacent to an activating group) is 1. The standard InChI is InChI=1S/C22H23N5O3S/c1-13-11-16(21-20(24-22(31)25(21)3)17-7-5-6-10-23-17)14(2)26(13)18-9-8-15(30-4)12-19(18)27(28)29/h5-12,20-21H,1-4H3,(H,24,31)/t20-,21+/m1/s1. The zero-order valence-electron chi connectivity index (χ0n) is 17.7. The third kappa shape index (κ3) is 3.50. The van der Waals surface area contributed by atoms with Crippen molar-refractivity contribution in [3.63, 3.8) is 0 Å². The van der Waals surface area contributed by atoms with Crippen molar-refractivity contribution in [3.8, 4) is 11.4 Å². The van der Waals surface area contributed by atoms with Crippen molar-refractivity contribution in [2.24, 2.45) is 0 Å². The molecule has 3 heterocycles. The van der Waals surface area contributed by atoms with E-state index >= 15 is 0 Å². The second-order valence-corrected chi connectivity index (χ2v) is 7.90. The SMILES string of the molecule is COc1ccc(-n2c(C)cc([C@H]3[C@@H](c4ccccn4)NC(=S)N3C)c2C)c([N+](=O)[O-])c1. The van der Waals surface area contributed by atoms with Crippen molar-refractivity contribution in [3.05, 3.63) is 81.4 Å². The molecule has 160 valence electrons. The lowest BCUT2D eigenvalue weighted by molar-refractivity contribution is -0.384. The third-order valence-electron chi connectivity index (χ3n) is 5.75. The number of aryl methyl sites for hydroxylation is 1. The second-order valence-electron chi connectivity index (χ2n) is 7.51. The van der Waals surface area contributed by atoms with Gasteiger partial charge >= 0.3 is 0 Å². The Morgan fingerprint density at radius 3 is 2.65 bits per heavy atom. The summed E-state index contributed by atoms with van der Waals surface area (Å²) in [6.07, 6.45) is 1.76. The number of nitro benzene ring substituents is 1. The lowest BCUT2D eigenvalue weighted by Gasteiger charge is -2.24. The van der Waals surface area contributed by atoms with Gasteiger partial charge in [0.2, 0.25) is 0 Å². The molecule has 1 fully saturated rings. The Morgan fingerprint density at radius 1 is 1.23 bits per heavy atom. The number of benzene rings is 1. The molecule has 0 bridgehead atoms. The second kappa shape index (κ2) is 7.99. The predicted octanol–water partition coefficient (Wildman–Crippen LogP) is 4.01. The molecule has 3 aromatic rings. The van der Waals surface area contributed by atoms with Crippen molar-refractivity contribution < 1.29 is 9.66 Å². The van der Waals surface area contributed by atoms with Crippen LogP contribution in [0.15, 0.2) is 48.7 Å². The van der Waals surface area contributed by atoms with Crippen molar-refractivity contribution in [1.82, 2.24) is 19.8 Å². The summed E-state index contributed by atoms with van der Waals surface area (Å²) >= 11 is 5.53. The summed E-state index contributed by atoms with van der Waals surface area (Å²) in [5.41, 5.74) is 4.22. The van der Waals surface area contributed by atoms with E-state index in [0.29, 0.717) is 16.5 Å². The van der Waals surface area contributed by atoms with Gasteiger partial charge in [-0.25, -0.2) is 0 Å². The number of hydrogen-bond acceptors (Lipinski definition) is 5. The van der Waals surface area contributed by atoms with Gasteiger partial charge in [-0.05, 0) is 62.0 Å². The first kappa shape index (κ1) is 20.8. The van der Waals surface area contributed by atoms with Gasteiger partial charge in [0, 0.05) is 24.6 Å². The van der Waals surface area contributed by atoms with E-state index in [2.05, 4.69) is 16.4 Å². The number of aromatic nitrogens is 2. The van der Waals surface area contributed by atoms with Crippen LogP contribution < -0.4 is 10.1 Å².